The van der Waals surface area contributed by atoms with Gasteiger partial charge in [0, 0.05) is 25.1 Å². The van der Waals surface area contributed by atoms with Gasteiger partial charge in [0.1, 0.15) is 6.04 Å². The minimum Gasteiger partial charge on any atom is -0.379 e. The molecular weight excluding hydrogens is 490 g/mol. The van der Waals surface area contributed by atoms with E-state index in [4.69, 9.17) is 18.9 Å². The van der Waals surface area contributed by atoms with E-state index in [9.17, 15) is 19.2 Å². The summed E-state index contributed by atoms with van der Waals surface area (Å²) in [5.41, 5.74) is 0. The molecule has 0 heterocycles. The Hall–Kier alpha value is -1.73. The quantitative estimate of drug-likeness (QED) is 0.110. The molecule has 0 saturated carbocycles. The highest BCUT2D eigenvalue weighted by atomic mass is 32.1. The molecule has 0 spiro atoms. The minimum atomic E-state index is -0.566. The van der Waals surface area contributed by atoms with Gasteiger partial charge in [-0.15, -0.1) is 0 Å². The SMILES string of the molecule is CCC(=O)NC(CC(C)C)C(=O)NCCOCCOCCOCCOCCC(=O)NC(CS)C(C)=O. The van der Waals surface area contributed by atoms with Crippen LogP contribution in [0.3, 0.4) is 0 Å². The summed E-state index contributed by atoms with van der Waals surface area (Å²) >= 11 is 4.03. The van der Waals surface area contributed by atoms with Crippen LogP contribution in [0.2, 0.25) is 0 Å². The van der Waals surface area contributed by atoms with Crippen LogP contribution in [0.25, 0.3) is 0 Å². The van der Waals surface area contributed by atoms with Crippen molar-refractivity contribution in [2.24, 2.45) is 5.92 Å². The summed E-state index contributed by atoms with van der Waals surface area (Å²) in [5.74, 6) is -0.177. The van der Waals surface area contributed by atoms with E-state index in [1.165, 1.54) is 6.92 Å². The maximum atomic E-state index is 12.3. The molecule has 0 aromatic rings. The number of nitrogens with one attached hydrogen (secondary N) is 3. The van der Waals surface area contributed by atoms with Crippen LogP contribution in [0.1, 0.15) is 47.0 Å². The lowest BCUT2D eigenvalue weighted by Crippen LogP contribution is -2.47. The molecule has 2 atom stereocenters. The number of ketones is 1. The Morgan fingerprint density at radius 1 is 0.750 bits per heavy atom. The van der Waals surface area contributed by atoms with Gasteiger partial charge in [-0.1, -0.05) is 20.8 Å². The maximum absolute atomic E-state index is 12.3. The van der Waals surface area contributed by atoms with Crippen molar-refractivity contribution in [1.82, 2.24) is 16.0 Å². The summed E-state index contributed by atoms with van der Waals surface area (Å²) in [5, 5.41) is 8.14. The molecule has 3 N–H and O–H groups in total. The monoisotopic (exact) mass is 535 g/mol. The first-order valence-corrected chi connectivity index (χ1v) is 13.1. The van der Waals surface area contributed by atoms with Crippen LogP contribution < -0.4 is 16.0 Å². The van der Waals surface area contributed by atoms with E-state index in [2.05, 4.69) is 28.6 Å². The molecule has 0 rings (SSSR count). The Kier molecular flexibility index (Phi) is 21.4. The Balaban J connectivity index is 3.59. The predicted octanol–water partition coefficient (Wildman–Crippen LogP) is 0.504. The first kappa shape index (κ1) is 34.3. The number of ether oxygens (including phenoxy) is 4. The second-order valence-electron chi connectivity index (χ2n) is 8.51. The summed E-state index contributed by atoms with van der Waals surface area (Å²) < 4.78 is 21.6. The topological polar surface area (TPSA) is 141 Å². The van der Waals surface area contributed by atoms with Gasteiger partial charge in [-0.25, -0.2) is 0 Å². The number of thiol groups is 1. The standard InChI is InChI=1S/C24H45N3O8S/c1-5-22(29)26-20(16-18(2)3)24(31)25-7-9-33-11-13-35-15-14-34-12-10-32-8-6-23(30)27-21(17-36)19(4)28/h18,20-21,36H,5-17H2,1-4H3,(H,25,31)(H,26,29)(H,27,30). The first-order valence-electron chi connectivity index (χ1n) is 12.5. The van der Waals surface area contributed by atoms with E-state index in [-0.39, 0.29) is 48.2 Å². The summed E-state index contributed by atoms with van der Waals surface area (Å²) in [7, 11) is 0. The second kappa shape index (κ2) is 22.5. The van der Waals surface area contributed by atoms with Crippen LogP contribution in [-0.2, 0) is 38.1 Å². The number of carbonyl (C=O) groups is 4. The molecule has 210 valence electrons. The second-order valence-corrected chi connectivity index (χ2v) is 8.87. The third kappa shape index (κ3) is 19.5. The summed E-state index contributed by atoms with van der Waals surface area (Å²) in [6.45, 7) is 10.5. The van der Waals surface area contributed by atoms with Gasteiger partial charge in [-0.05, 0) is 19.3 Å². The molecule has 0 aromatic carbocycles. The Labute approximate surface area is 220 Å². The highest BCUT2D eigenvalue weighted by Crippen LogP contribution is 2.05. The van der Waals surface area contributed by atoms with Gasteiger partial charge in [-0.3, -0.25) is 19.2 Å². The fourth-order valence-electron chi connectivity index (χ4n) is 2.84. The van der Waals surface area contributed by atoms with E-state index >= 15 is 0 Å². The van der Waals surface area contributed by atoms with Crippen molar-refractivity contribution in [3.8, 4) is 0 Å². The maximum Gasteiger partial charge on any atom is 0.242 e. The zero-order valence-corrected chi connectivity index (χ0v) is 23.0. The Bertz CT molecular complexity index is 636. The number of hydrogen-bond donors (Lipinski definition) is 4. The van der Waals surface area contributed by atoms with Crippen molar-refractivity contribution in [3.05, 3.63) is 0 Å². The van der Waals surface area contributed by atoms with Crippen LogP contribution in [0.4, 0.5) is 0 Å². The Morgan fingerprint density at radius 3 is 1.72 bits per heavy atom. The molecule has 12 heteroatoms. The molecule has 11 nitrogen and oxygen atoms in total. The molecule has 0 fully saturated rings. The lowest BCUT2D eigenvalue weighted by molar-refractivity contribution is -0.129. The first-order chi connectivity index (χ1) is 17.2. The third-order valence-corrected chi connectivity index (χ3v) is 5.19. The summed E-state index contributed by atoms with van der Waals surface area (Å²) in [6, 6.07) is -1.10. The lowest BCUT2D eigenvalue weighted by Gasteiger charge is -2.20. The molecule has 2 unspecified atom stereocenters. The molecule has 0 aliphatic rings. The van der Waals surface area contributed by atoms with Gasteiger partial charge in [0.2, 0.25) is 17.7 Å². The average Bonchev–Trinajstić information content (AvgIpc) is 2.83. The van der Waals surface area contributed by atoms with Crippen molar-refractivity contribution in [3.63, 3.8) is 0 Å². The lowest BCUT2D eigenvalue weighted by atomic mass is 10.0. The molecule has 36 heavy (non-hydrogen) atoms. The summed E-state index contributed by atoms with van der Waals surface area (Å²) in [4.78, 5) is 46.9. The van der Waals surface area contributed by atoms with E-state index in [1.54, 1.807) is 6.92 Å². The fourth-order valence-corrected chi connectivity index (χ4v) is 3.19. The van der Waals surface area contributed by atoms with Crippen molar-refractivity contribution in [2.45, 2.75) is 59.0 Å². The highest BCUT2D eigenvalue weighted by Gasteiger charge is 2.20. The van der Waals surface area contributed by atoms with Crippen LogP contribution in [0.5, 0.6) is 0 Å². The minimum absolute atomic E-state index is 0.129. The van der Waals surface area contributed by atoms with Gasteiger partial charge in [0.05, 0.1) is 58.9 Å². The van der Waals surface area contributed by atoms with E-state index in [1.807, 2.05) is 13.8 Å². The molecular formula is C24H45N3O8S. The molecule has 0 saturated heterocycles. The number of carbonyl (C=O) groups excluding carboxylic acids is 4. The summed E-state index contributed by atoms with van der Waals surface area (Å²) in [6.07, 6.45) is 1.08. The number of hydrogen-bond acceptors (Lipinski definition) is 9. The van der Waals surface area contributed by atoms with Crippen LogP contribution in [0, 0.1) is 5.92 Å². The Morgan fingerprint density at radius 2 is 1.25 bits per heavy atom. The highest BCUT2D eigenvalue weighted by molar-refractivity contribution is 7.80. The van der Waals surface area contributed by atoms with Gasteiger partial charge in [-0.2, -0.15) is 12.6 Å². The average molecular weight is 536 g/mol. The van der Waals surface area contributed by atoms with Gasteiger partial charge < -0.3 is 34.9 Å². The van der Waals surface area contributed by atoms with Crippen LogP contribution in [0.15, 0.2) is 0 Å². The van der Waals surface area contributed by atoms with Crippen molar-refractivity contribution < 1.29 is 38.1 Å². The smallest absolute Gasteiger partial charge is 0.242 e. The number of Topliss-reactive ketones (excluding diaryl/α,β-unsaturated/α-hetero) is 1. The van der Waals surface area contributed by atoms with E-state index < -0.39 is 12.1 Å². The zero-order chi connectivity index (χ0) is 27.2. The van der Waals surface area contributed by atoms with Gasteiger partial charge in [0.25, 0.3) is 0 Å². The molecule has 3 amide bonds. The van der Waals surface area contributed by atoms with Crippen LogP contribution >= 0.6 is 12.6 Å². The molecule has 0 aliphatic heterocycles. The molecule has 0 bridgehead atoms. The normalized spacial score (nSPS) is 12.7. The third-order valence-electron chi connectivity index (χ3n) is 4.82. The van der Waals surface area contributed by atoms with Crippen molar-refractivity contribution >= 4 is 36.1 Å². The molecule has 0 aromatic heterocycles. The van der Waals surface area contributed by atoms with Crippen molar-refractivity contribution in [2.75, 3.05) is 65.2 Å². The zero-order valence-electron chi connectivity index (χ0n) is 22.1. The van der Waals surface area contributed by atoms with Crippen molar-refractivity contribution in [1.29, 1.82) is 0 Å². The fraction of sp³-hybridized carbons (Fsp3) is 0.833. The molecule has 0 aliphatic carbocycles. The predicted molar refractivity (Wildman–Crippen MR) is 139 cm³/mol. The number of rotatable bonds is 23. The molecule has 0 radical (unpaired) electrons. The van der Waals surface area contributed by atoms with E-state index in [0.717, 1.165) is 0 Å². The van der Waals surface area contributed by atoms with Crippen LogP contribution in [-0.4, -0.2) is 101 Å². The van der Waals surface area contributed by atoms with Gasteiger partial charge in [0.15, 0.2) is 5.78 Å². The van der Waals surface area contributed by atoms with Gasteiger partial charge >= 0.3 is 0 Å². The largest absolute Gasteiger partial charge is 0.379 e. The number of amides is 3. The van der Waals surface area contributed by atoms with E-state index in [0.29, 0.717) is 65.6 Å².